The predicted octanol–water partition coefficient (Wildman–Crippen LogP) is -2.59. The van der Waals surface area contributed by atoms with E-state index in [1.807, 2.05) is 0 Å². The van der Waals surface area contributed by atoms with Gasteiger partial charge in [0.25, 0.3) is 0 Å². The minimum Gasteiger partial charge on any atom is -0.329 e. The minimum atomic E-state index is 0.306. The van der Waals surface area contributed by atoms with Gasteiger partial charge in [0.15, 0.2) is 0 Å². The molecule has 0 aliphatic carbocycles. The van der Waals surface area contributed by atoms with E-state index in [-0.39, 0.29) is 0 Å². The van der Waals surface area contributed by atoms with Gasteiger partial charge in [-0.15, -0.1) is 0 Å². The zero-order valence-corrected chi connectivity index (χ0v) is 7.55. The lowest BCUT2D eigenvalue weighted by Gasteiger charge is -2.16. The third-order valence-corrected chi connectivity index (χ3v) is 1.57. The molecule has 0 fully saturated rings. The van der Waals surface area contributed by atoms with E-state index in [0.717, 1.165) is 19.6 Å². The number of nitrogens with one attached hydrogen (secondary N) is 2. The summed E-state index contributed by atoms with van der Waals surface area (Å²) in [7, 11) is 0. The molecule has 0 spiro atoms. The first-order valence-corrected chi connectivity index (χ1v) is 4.39. The first-order chi connectivity index (χ1) is 5.85. The van der Waals surface area contributed by atoms with Crippen molar-refractivity contribution in [2.24, 2.45) is 17.2 Å². The Balaban J connectivity index is 3.26. The van der Waals surface area contributed by atoms with Crippen molar-refractivity contribution >= 4 is 0 Å². The van der Waals surface area contributed by atoms with Gasteiger partial charge in [-0.2, -0.15) is 0 Å². The van der Waals surface area contributed by atoms with Crippen molar-refractivity contribution in [2.75, 3.05) is 39.3 Å². The fraction of sp³-hybridized carbons (Fsp3) is 1.00. The molecule has 12 heavy (non-hydrogen) atoms. The highest BCUT2D eigenvalue weighted by atomic mass is 15.0. The van der Waals surface area contributed by atoms with E-state index < -0.39 is 0 Å². The van der Waals surface area contributed by atoms with Crippen LogP contribution in [0.1, 0.15) is 0 Å². The molecule has 0 aliphatic rings. The second-order valence-corrected chi connectivity index (χ2v) is 2.67. The van der Waals surface area contributed by atoms with Crippen molar-refractivity contribution in [1.29, 1.82) is 0 Å². The molecule has 1 unspecified atom stereocenters. The predicted molar refractivity (Wildman–Crippen MR) is 51.8 cm³/mol. The lowest BCUT2D eigenvalue weighted by molar-refractivity contribution is 0.488. The summed E-state index contributed by atoms with van der Waals surface area (Å²) in [5.74, 6) is 0. The maximum atomic E-state index is 5.52. The van der Waals surface area contributed by atoms with Crippen molar-refractivity contribution < 1.29 is 0 Å². The molecule has 0 bridgehead atoms. The summed E-state index contributed by atoms with van der Waals surface area (Å²) in [6, 6.07) is 0.306. The standard InChI is InChI=1S/C7H21N5/c8-1-3-11-6-7(5-10)12-4-2-9/h7,11-12H,1-6,8-10H2. The molecule has 5 heteroatoms. The first-order valence-electron chi connectivity index (χ1n) is 4.39. The van der Waals surface area contributed by atoms with Gasteiger partial charge in [0.1, 0.15) is 0 Å². The van der Waals surface area contributed by atoms with Gasteiger partial charge in [0.05, 0.1) is 0 Å². The van der Waals surface area contributed by atoms with E-state index in [4.69, 9.17) is 17.2 Å². The molecule has 0 radical (unpaired) electrons. The Kier molecular flexibility index (Phi) is 8.74. The molecule has 8 N–H and O–H groups in total. The highest BCUT2D eigenvalue weighted by molar-refractivity contribution is 4.70. The Hall–Kier alpha value is -0.200. The molecule has 0 amide bonds. The number of nitrogens with two attached hydrogens (primary N) is 3. The summed E-state index contributed by atoms with van der Waals surface area (Å²) in [5.41, 5.74) is 16.2. The van der Waals surface area contributed by atoms with E-state index in [1.165, 1.54) is 0 Å². The Labute approximate surface area is 74.0 Å². The van der Waals surface area contributed by atoms with Crippen molar-refractivity contribution in [3.8, 4) is 0 Å². The molecule has 0 aromatic rings. The van der Waals surface area contributed by atoms with Crippen LogP contribution in [0.4, 0.5) is 0 Å². The number of rotatable bonds is 8. The summed E-state index contributed by atoms with van der Waals surface area (Å²) >= 11 is 0. The van der Waals surface area contributed by atoms with Gasteiger partial charge in [-0.25, -0.2) is 0 Å². The molecule has 0 heterocycles. The van der Waals surface area contributed by atoms with Crippen LogP contribution in [0.5, 0.6) is 0 Å². The topological polar surface area (TPSA) is 102 Å². The van der Waals surface area contributed by atoms with Crippen LogP contribution in [-0.2, 0) is 0 Å². The number of hydrogen-bond acceptors (Lipinski definition) is 5. The molecule has 74 valence electrons. The Morgan fingerprint density at radius 1 is 1.00 bits per heavy atom. The maximum absolute atomic E-state index is 5.52. The minimum absolute atomic E-state index is 0.306. The van der Waals surface area contributed by atoms with E-state index in [9.17, 15) is 0 Å². The largest absolute Gasteiger partial charge is 0.329 e. The third kappa shape index (κ3) is 6.51. The zero-order valence-electron chi connectivity index (χ0n) is 7.55. The molecule has 5 nitrogen and oxygen atoms in total. The maximum Gasteiger partial charge on any atom is 0.0315 e. The molecule has 1 atom stereocenters. The summed E-state index contributed by atoms with van der Waals surface area (Å²) in [6.45, 7) is 4.43. The van der Waals surface area contributed by atoms with Crippen LogP contribution < -0.4 is 27.8 Å². The van der Waals surface area contributed by atoms with E-state index in [1.54, 1.807) is 0 Å². The zero-order chi connectivity index (χ0) is 9.23. The summed E-state index contributed by atoms with van der Waals surface area (Å²) in [4.78, 5) is 0. The van der Waals surface area contributed by atoms with E-state index in [2.05, 4.69) is 10.6 Å². The Bertz CT molecular complexity index is 87.9. The monoisotopic (exact) mass is 175 g/mol. The second-order valence-electron chi connectivity index (χ2n) is 2.67. The fourth-order valence-electron chi connectivity index (χ4n) is 0.905. The Morgan fingerprint density at radius 3 is 2.17 bits per heavy atom. The molecule has 0 saturated carbocycles. The van der Waals surface area contributed by atoms with Crippen molar-refractivity contribution in [3.63, 3.8) is 0 Å². The molecule has 0 saturated heterocycles. The highest BCUT2D eigenvalue weighted by Gasteiger charge is 2.02. The summed E-state index contributed by atoms with van der Waals surface area (Å²) in [6.07, 6.45) is 0. The van der Waals surface area contributed by atoms with Gasteiger partial charge in [-0.3, -0.25) is 0 Å². The molecule has 0 rings (SSSR count). The third-order valence-electron chi connectivity index (χ3n) is 1.57. The molecular weight excluding hydrogens is 154 g/mol. The molecule has 0 aliphatic heterocycles. The van der Waals surface area contributed by atoms with Crippen molar-refractivity contribution in [1.82, 2.24) is 10.6 Å². The van der Waals surface area contributed by atoms with Gasteiger partial charge < -0.3 is 27.8 Å². The van der Waals surface area contributed by atoms with Crippen molar-refractivity contribution in [2.45, 2.75) is 6.04 Å². The fourth-order valence-corrected chi connectivity index (χ4v) is 0.905. The van der Waals surface area contributed by atoms with Crippen LogP contribution in [0.2, 0.25) is 0 Å². The second kappa shape index (κ2) is 8.89. The normalized spacial score (nSPS) is 13.2. The first kappa shape index (κ1) is 11.8. The highest BCUT2D eigenvalue weighted by Crippen LogP contribution is 1.75. The van der Waals surface area contributed by atoms with Crippen LogP contribution >= 0.6 is 0 Å². The van der Waals surface area contributed by atoms with Gasteiger partial charge in [0, 0.05) is 45.3 Å². The molecule has 0 aromatic carbocycles. The Morgan fingerprint density at radius 2 is 1.67 bits per heavy atom. The molecular formula is C7H21N5. The van der Waals surface area contributed by atoms with Gasteiger partial charge in [-0.05, 0) is 0 Å². The van der Waals surface area contributed by atoms with Crippen LogP contribution in [0.3, 0.4) is 0 Å². The number of hydrogen-bond donors (Lipinski definition) is 5. The average molecular weight is 175 g/mol. The molecule has 0 aromatic heterocycles. The van der Waals surface area contributed by atoms with Crippen LogP contribution in [0.15, 0.2) is 0 Å². The van der Waals surface area contributed by atoms with Crippen LogP contribution in [-0.4, -0.2) is 45.3 Å². The van der Waals surface area contributed by atoms with Crippen LogP contribution in [0, 0.1) is 0 Å². The van der Waals surface area contributed by atoms with Crippen LogP contribution in [0.25, 0.3) is 0 Å². The average Bonchev–Trinajstić information content (AvgIpc) is 2.11. The van der Waals surface area contributed by atoms with Crippen molar-refractivity contribution in [3.05, 3.63) is 0 Å². The lowest BCUT2D eigenvalue weighted by atomic mass is 10.3. The smallest absolute Gasteiger partial charge is 0.0315 e. The quantitative estimate of drug-likeness (QED) is 0.261. The van der Waals surface area contributed by atoms with Gasteiger partial charge in [0.2, 0.25) is 0 Å². The van der Waals surface area contributed by atoms with Gasteiger partial charge in [-0.1, -0.05) is 0 Å². The summed E-state index contributed by atoms with van der Waals surface area (Å²) < 4.78 is 0. The summed E-state index contributed by atoms with van der Waals surface area (Å²) in [5, 5.41) is 6.41. The van der Waals surface area contributed by atoms with E-state index >= 15 is 0 Å². The lowest BCUT2D eigenvalue weighted by Crippen LogP contribution is -2.46. The SMILES string of the molecule is NCCNCC(CN)NCCN. The van der Waals surface area contributed by atoms with Gasteiger partial charge >= 0.3 is 0 Å². The van der Waals surface area contributed by atoms with E-state index in [0.29, 0.717) is 25.7 Å².